The number of sulfonamides is 1. The van der Waals surface area contributed by atoms with E-state index < -0.39 is 10.0 Å². The van der Waals surface area contributed by atoms with Crippen LogP contribution in [0, 0.1) is 13.8 Å². The van der Waals surface area contributed by atoms with E-state index in [9.17, 15) is 8.42 Å². The number of hydrogen-bond donors (Lipinski definition) is 1. The topological polar surface area (TPSA) is 73.2 Å². The summed E-state index contributed by atoms with van der Waals surface area (Å²) < 4.78 is 35.5. The Morgan fingerprint density at radius 3 is 2.57 bits per heavy atom. The quantitative estimate of drug-likeness (QED) is 0.925. The molecular weight excluding hydrogens is 314 g/mol. The second-order valence-electron chi connectivity index (χ2n) is 5.83. The van der Waals surface area contributed by atoms with E-state index in [1.165, 1.54) is 0 Å². The zero-order valence-corrected chi connectivity index (χ0v) is 14.3. The predicted molar refractivity (Wildman–Crippen MR) is 86.5 cm³/mol. The van der Waals surface area contributed by atoms with Gasteiger partial charge in [-0.3, -0.25) is 4.68 Å². The Morgan fingerprint density at radius 1 is 1.26 bits per heavy atom. The van der Waals surface area contributed by atoms with Crippen molar-refractivity contribution in [2.75, 3.05) is 6.61 Å². The van der Waals surface area contributed by atoms with Crippen molar-refractivity contribution in [1.82, 2.24) is 14.5 Å². The van der Waals surface area contributed by atoms with E-state index >= 15 is 0 Å². The van der Waals surface area contributed by atoms with Crippen molar-refractivity contribution in [3.63, 3.8) is 0 Å². The van der Waals surface area contributed by atoms with E-state index in [2.05, 4.69) is 9.82 Å². The first-order chi connectivity index (χ1) is 10.9. The molecule has 2 heterocycles. The molecule has 23 heavy (non-hydrogen) atoms. The number of aromatic nitrogens is 2. The second-order valence-corrected chi connectivity index (χ2v) is 7.54. The molecule has 0 amide bonds. The molecule has 0 bridgehead atoms. The standard InChI is InChI=1S/C16H21N3O3S/c1-11-15(12(2)19(3)17-11)16-14(9-10-22-16)18-23(20,21)13-7-5-4-6-8-13/h4-8,14,16,18H,9-10H2,1-3H3/t14-,16-/m0/s1. The number of rotatable bonds is 4. The third-order valence-corrected chi connectivity index (χ3v) is 5.81. The van der Waals surface area contributed by atoms with Gasteiger partial charge in [-0.1, -0.05) is 18.2 Å². The van der Waals surface area contributed by atoms with E-state index in [1.54, 1.807) is 35.0 Å². The summed E-state index contributed by atoms with van der Waals surface area (Å²) in [6.07, 6.45) is 0.340. The Hall–Kier alpha value is -1.70. The van der Waals surface area contributed by atoms with Crippen LogP contribution in [0.2, 0.25) is 0 Å². The number of ether oxygens (including phenoxy) is 1. The Balaban J connectivity index is 1.88. The molecule has 124 valence electrons. The highest BCUT2D eigenvalue weighted by Gasteiger charge is 2.36. The molecule has 1 aromatic heterocycles. The molecule has 0 aliphatic carbocycles. The summed E-state index contributed by atoms with van der Waals surface area (Å²) in [5.74, 6) is 0. The lowest BCUT2D eigenvalue weighted by Gasteiger charge is -2.20. The number of aryl methyl sites for hydroxylation is 2. The van der Waals surface area contributed by atoms with E-state index in [1.807, 2.05) is 20.9 Å². The van der Waals surface area contributed by atoms with Crippen molar-refractivity contribution < 1.29 is 13.2 Å². The number of nitrogens with one attached hydrogen (secondary N) is 1. The zero-order valence-electron chi connectivity index (χ0n) is 13.5. The summed E-state index contributed by atoms with van der Waals surface area (Å²) in [6, 6.07) is 8.12. The molecule has 0 spiro atoms. The highest BCUT2D eigenvalue weighted by Crippen LogP contribution is 2.33. The molecule has 1 aromatic carbocycles. The van der Waals surface area contributed by atoms with E-state index in [0.717, 1.165) is 17.0 Å². The SMILES string of the molecule is Cc1nn(C)c(C)c1[C@H]1OCC[C@@H]1NS(=O)(=O)c1ccccc1. The van der Waals surface area contributed by atoms with Crippen LogP contribution in [0.25, 0.3) is 0 Å². The van der Waals surface area contributed by atoms with E-state index in [4.69, 9.17) is 4.74 Å². The van der Waals surface area contributed by atoms with Crippen LogP contribution in [0.15, 0.2) is 35.2 Å². The van der Waals surface area contributed by atoms with Gasteiger partial charge in [0.05, 0.1) is 16.6 Å². The maximum atomic E-state index is 12.6. The summed E-state index contributed by atoms with van der Waals surface area (Å²) in [4.78, 5) is 0.269. The minimum absolute atomic E-state index is 0.269. The molecule has 6 nitrogen and oxygen atoms in total. The molecule has 1 N–H and O–H groups in total. The smallest absolute Gasteiger partial charge is 0.240 e. The second kappa shape index (κ2) is 6.07. The molecule has 3 rings (SSSR count). The van der Waals surface area contributed by atoms with Crippen LogP contribution in [0.4, 0.5) is 0 Å². The lowest BCUT2D eigenvalue weighted by molar-refractivity contribution is 0.101. The molecular formula is C16H21N3O3S. The van der Waals surface area contributed by atoms with Crippen molar-refractivity contribution in [2.24, 2.45) is 7.05 Å². The first-order valence-electron chi connectivity index (χ1n) is 7.59. The molecule has 1 saturated heterocycles. The maximum Gasteiger partial charge on any atom is 0.240 e. The van der Waals surface area contributed by atoms with Crippen molar-refractivity contribution in [2.45, 2.75) is 37.3 Å². The molecule has 2 atom stereocenters. The summed E-state index contributed by atoms with van der Waals surface area (Å²) >= 11 is 0. The van der Waals surface area contributed by atoms with Gasteiger partial charge in [-0.25, -0.2) is 13.1 Å². The molecule has 1 aliphatic rings. The van der Waals surface area contributed by atoms with Crippen LogP contribution in [0.5, 0.6) is 0 Å². The third-order valence-electron chi connectivity index (χ3n) is 4.30. The average molecular weight is 335 g/mol. The average Bonchev–Trinajstić information content (AvgIpc) is 3.04. The van der Waals surface area contributed by atoms with E-state index in [0.29, 0.717) is 13.0 Å². The fourth-order valence-corrected chi connectivity index (χ4v) is 4.36. The normalized spacial score (nSPS) is 21.7. The Labute approximate surface area is 136 Å². The van der Waals surface area contributed by atoms with Crippen LogP contribution in [0.1, 0.15) is 29.5 Å². The molecule has 0 saturated carbocycles. The Morgan fingerprint density at radius 2 is 1.96 bits per heavy atom. The summed E-state index contributed by atoms with van der Waals surface area (Å²) in [7, 11) is -1.68. The highest BCUT2D eigenvalue weighted by atomic mass is 32.2. The minimum Gasteiger partial charge on any atom is -0.372 e. The Kier molecular flexibility index (Phi) is 4.27. The van der Waals surface area contributed by atoms with Gasteiger partial charge in [0.15, 0.2) is 0 Å². The maximum absolute atomic E-state index is 12.6. The van der Waals surface area contributed by atoms with Gasteiger partial charge in [0.1, 0.15) is 6.10 Å². The lowest BCUT2D eigenvalue weighted by Crippen LogP contribution is -2.37. The monoisotopic (exact) mass is 335 g/mol. The van der Waals surface area contributed by atoms with Gasteiger partial charge in [-0.15, -0.1) is 0 Å². The molecule has 2 aromatic rings. The molecule has 0 radical (unpaired) electrons. The van der Waals surface area contributed by atoms with Crippen LogP contribution in [-0.2, 0) is 21.8 Å². The number of hydrogen-bond acceptors (Lipinski definition) is 4. The van der Waals surface area contributed by atoms with Crippen LogP contribution >= 0.6 is 0 Å². The summed E-state index contributed by atoms with van der Waals surface area (Å²) in [5, 5.41) is 4.40. The van der Waals surface area contributed by atoms with Crippen LogP contribution in [-0.4, -0.2) is 30.8 Å². The Bertz CT molecular complexity index is 799. The molecule has 0 unspecified atom stereocenters. The highest BCUT2D eigenvalue weighted by molar-refractivity contribution is 7.89. The fraction of sp³-hybridized carbons (Fsp3) is 0.438. The third kappa shape index (κ3) is 3.04. The van der Waals surface area contributed by atoms with Crippen LogP contribution < -0.4 is 4.72 Å². The first-order valence-corrected chi connectivity index (χ1v) is 9.07. The lowest BCUT2D eigenvalue weighted by atomic mass is 10.0. The number of benzene rings is 1. The van der Waals surface area contributed by atoms with Gasteiger partial charge in [0, 0.05) is 24.9 Å². The van der Waals surface area contributed by atoms with Gasteiger partial charge >= 0.3 is 0 Å². The summed E-state index contributed by atoms with van der Waals surface area (Å²) in [5.41, 5.74) is 2.85. The van der Waals surface area contributed by atoms with Gasteiger partial charge in [0.2, 0.25) is 10.0 Å². The van der Waals surface area contributed by atoms with Gasteiger partial charge in [0.25, 0.3) is 0 Å². The molecule has 7 heteroatoms. The van der Waals surface area contributed by atoms with Crippen LogP contribution in [0.3, 0.4) is 0 Å². The van der Waals surface area contributed by atoms with Crippen molar-refractivity contribution >= 4 is 10.0 Å². The largest absolute Gasteiger partial charge is 0.372 e. The van der Waals surface area contributed by atoms with Gasteiger partial charge in [-0.05, 0) is 32.4 Å². The van der Waals surface area contributed by atoms with Crippen molar-refractivity contribution in [1.29, 1.82) is 0 Å². The predicted octanol–water partition coefficient (Wildman–Crippen LogP) is 1.85. The van der Waals surface area contributed by atoms with Crippen molar-refractivity contribution in [3.8, 4) is 0 Å². The van der Waals surface area contributed by atoms with Crippen molar-refractivity contribution in [3.05, 3.63) is 47.3 Å². The molecule has 1 fully saturated rings. The fourth-order valence-electron chi connectivity index (χ4n) is 3.06. The zero-order chi connectivity index (χ0) is 16.6. The van der Waals surface area contributed by atoms with Gasteiger partial charge < -0.3 is 4.74 Å². The van der Waals surface area contributed by atoms with E-state index in [-0.39, 0.29) is 17.0 Å². The van der Waals surface area contributed by atoms with Gasteiger partial charge in [-0.2, -0.15) is 5.10 Å². The molecule has 1 aliphatic heterocycles. The summed E-state index contributed by atoms with van der Waals surface area (Å²) in [6.45, 7) is 4.42. The first kappa shape index (κ1) is 16.2. The number of nitrogens with zero attached hydrogens (tertiary/aromatic N) is 2. The minimum atomic E-state index is -3.56.